The van der Waals surface area contributed by atoms with E-state index in [1.807, 2.05) is 0 Å². The molecule has 25 heavy (non-hydrogen) atoms. The quantitative estimate of drug-likeness (QED) is 0.683. The number of aryl methyl sites for hydroxylation is 1. The average molecular weight is 347 g/mol. The molecule has 0 fully saturated rings. The minimum Gasteiger partial charge on any atom is -0.481 e. The Morgan fingerprint density at radius 2 is 1.96 bits per heavy atom. The number of hydrogen-bond donors (Lipinski definition) is 2. The van der Waals surface area contributed by atoms with Gasteiger partial charge in [-0.15, -0.1) is 0 Å². The summed E-state index contributed by atoms with van der Waals surface area (Å²) in [4.78, 5) is 22.5. The molecular weight excluding hydrogens is 325 g/mol. The molecular formula is C18H22FN3O3. The topological polar surface area (TPSA) is 84.2 Å². The second kappa shape index (κ2) is 8.96. The maximum atomic E-state index is 13.2. The lowest BCUT2D eigenvalue weighted by Gasteiger charge is -2.06. The van der Waals surface area contributed by atoms with E-state index >= 15 is 0 Å². The molecule has 0 aliphatic carbocycles. The minimum absolute atomic E-state index is 0.187. The summed E-state index contributed by atoms with van der Waals surface area (Å²) in [5.74, 6) is -1.35. The first-order valence-electron chi connectivity index (χ1n) is 8.29. The van der Waals surface area contributed by atoms with Gasteiger partial charge in [-0.1, -0.05) is 12.8 Å². The van der Waals surface area contributed by atoms with Gasteiger partial charge in [0.2, 0.25) is 0 Å². The van der Waals surface area contributed by atoms with Crippen molar-refractivity contribution in [2.45, 2.75) is 39.0 Å². The molecule has 0 aliphatic rings. The number of hydrogen-bond acceptors (Lipinski definition) is 3. The maximum absolute atomic E-state index is 13.2. The van der Waals surface area contributed by atoms with Crippen molar-refractivity contribution in [1.29, 1.82) is 0 Å². The van der Waals surface area contributed by atoms with Gasteiger partial charge in [-0.2, -0.15) is 5.10 Å². The predicted octanol–water partition coefficient (Wildman–Crippen LogP) is 3.08. The Morgan fingerprint density at radius 3 is 2.68 bits per heavy atom. The van der Waals surface area contributed by atoms with E-state index in [4.69, 9.17) is 5.11 Å². The predicted molar refractivity (Wildman–Crippen MR) is 91.3 cm³/mol. The smallest absolute Gasteiger partial charge is 0.303 e. The van der Waals surface area contributed by atoms with E-state index in [0.29, 0.717) is 18.7 Å². The molecule has 0 saturated heterocycles. The number of carbonyl (C=O) groups is 2. The third kappa shape index (κ3) is 5.70. The fourth-order valence-electron chi connectivity index (χ4n) is 2.50. The van der Waals surface area contributed by atoms with E-state index in [2.05, 4.69) is 10.4 Å². The Kier molecular flexibility index (Phi) is 6.68. The van der Waals surface area contributed by atoms with Gasteiger partial charge in [0.15, 0.2) is 5.69 Å². The van der Waals surface area contributed by atoms with Crippen LogP contribution in [0, 0.1) is 12.7 Å². The first kappa shape index (κ1) is 18.6. The van der Waals surface area contributed by atoms with E-state index in [0.717, 1.165) is 30.5 Å². The molecule has 0 aliphatic heterocycles. The molecule has 6 nitrogen and oxygen atoms in total. The summed E-state index contributed by atoms with van der Waals surface area (Å²) in [6.45, 7) is 2.30. The summed E-state index contributed by atoms with van der Waals surface area (Å²) in [6, 6.07) is 6.01. The molecule has 1 heterocycles. The Hall–Kier alpha value is -2.70. The molecule has 0 spiro atoms. The van der Waals surface area contributed by atoms with Gasteiger partial charge < -0.3 is 10.4 Å². The number of aliphatic carboxylic acids is 1. The molecule has 1 amide bonds. The molecule has 0 bridgehead atoms. The summed E-state index contributed by atoms with van der Waals surface area (Å²) in [6.07, 6.45) is 5.01. The number of carbonyl (C=O) groups excluding carboxylic acids is 1. The number of benzene rings is 1. The van der Waals surface area contributed by atoms with Crippen LogP contribution >= 0.6 is 0 Å². The van der Waals surface area contributed by atoms with E-state index in [9.17, 15) is 14.0 Å². The first-order valence-corrected chi connectivity index (χ1v) is 8.29. The highest BCUT2D eigenvalue weighted by Gasteiger charge is 2.11. The number of amides is 1. The van der Waals surface area contributed by atoms with Crippen LogP contribution in [0.25, 0.3) is 5.69 Å². The number of rotatable bonds is 9. The van der Waals surface area contributed by atoms with E-state index in [1.165, 1.54) is 12.1 Å². The zero-order chi connectivity index (χ0) is 18.2. The van der Waals surface area contributed by atoms with E-state index < -0.39 is 5.97 Å². The fourth-order valence-corrected chi connectivity index (χ4v) is 2.50. The van der Waals surface area contributed by atoms with Crippen molar-refractivity contribution < 1.29 is 19.1 Å². The van der Waals surface area contributed by atoms with Gasteiger partial charge in [0.1, 0.15) is 5.82 Å². The van der Waals surface area contributed by atoms with Crippen LogP contribution in [-0.4, -0.2) is 33.3 Å². The van der Waals surface area contributed by atoms with Gasteiger partial charge >= 0.3 is 5.97 Å². The van der Waals surface area contributed by atoms with Crippen molar-refractivity contribution in [2.75, 3.05) is 6.54 Å². The van der Waals surface area contributed by atoms with Gasteiger partial charge in [0.05, 0.1) is 5.69 Å². The highest BCUT2D eigenvalue weighted by Crippen LogP contribution is 2.15. The minimum atomic E-state index is -0.778. The normalized spacial score (nSPS) is 10.6. The molecule has 2 rings (SSSR count). The second-order valence-electron chi connectivity index (χ2n) is 5.89. The summed E-state index contributed by atoms with van der Waals surface area (Å²) < 4.78 is 14.7. The standard InChI is InChI=1S/C18H22FN3O3/c1-13-12-14(19)7-8-16(13)22-11-9-15(21-22)18(25)20-10-5-3-2-4-6-17(23)24/h7-9,11-12H,2-6,10H2,1H3,(H,20,25)(H,23,24). The summed E-state index contributed by atoms with van der Waals surface area (Å²) in [5, 5.41) is 15.6. The number of unbranched alkanes of at least 4 members (excludes halogenated alkanes) is 3. The zero-order valence-corrected chi connectivity index (χ0v) is 14.2. The van der Waals surface area contributed by atoms with Gasteiger partial charge in [-0.25, -0.2) is 9.07 Å². The van der Waals surface area contributed by atoms with Gasteiger partial charge in [-0.3, -0.25) is 9.59 Å². The van der Waals surface area contributed by atoms with Crippen molar-refractivity contribution in [1.82, 2.24) is 15.1 Å². The largest absolute Gasteiger partial charge is 0.481 e. The van der Waals surface area contributed by atoms with Crippen LogP contribution in [0.3, 0.4) is 0 Å². The summed E-state index contributed by atoms with van der Waals surface area (Å²) in [5.41, 5.74) is 1.75. The zero-order valence-electron chi connectivity index (χ0n) is 14.2. The highest BCUT2D eigenvalue weighted by molar-refractivity contribution is 5.92. The third-order valence-corrected chi connectivity index (χ3v) is 3.83. The van der Waals surface area contributed by atoms with Crippen LogP contribution in [0.5, 0.6) is 0 Å². The number of nitrogens with zero attached hydrogens (tertiary/aromatic N) is 2. The van der Waals surface area contributed by atoms with Crippen LogP contribution in [0.1, 0.15) is 48.2 Å². The Labute approximate surface area is 145 Å². The van der Waals surface area contributed by atoms with Crippen molar-refractivity contribution in [3.8, 4) is 5.69 Å². The monoisotopic (exact) mass is 347 g/mol. The third-order valence-electron chi connectivity index (χ3n) is 3.83. The van der Waals surface area contributed by atoms with E-state index in [-0.39, 0.29) is 18.1 Å². The van der Waals surface area contributed by atoms with Crippen LogP contribution in [0.2, 0.25) is 0 Å². The molecule has 2 aromatic rings. The Balaban J connectivity index is 1.79. The molecule has 1 aromatic carbocycles. The van der Waals surface area contributed by atoms with Crippen molar-refractivity contribution in [2.24, 2.45) is 0 Å². The molecule has 0 unspecified atom stereocenters. The molecule has 7 heteroatoms. The lowest BCUT2D eigenvalue weighted by molar-refractivity contribution is -0.137. The molecule has 0 atom stereocenters. The molecule has 0 radical (unpaired) electrons. The molecule has 1 aromatic heterocycles. The van der Waals surface area contributed by atoms with Crippen LogP contribution in [0.4, 0.5) is 4.39 Å². The van der Waals surface area contributed by atoms with Crippen molar-refractivity contribution in [3.63, 3.8) is 0 Å². The maximum Gasteiger partial charge on any atom is 0.303 e. The molecule has 2 N–H and O–H groups in total. The number of aromatic nitrogens is 2. The number of carboxylic acids is 1. The first-order chi connectivity index (χ1) is 12.0. The fraction of sp³-hybridized carbons (Fsp3) is 0.389. The number of carboxylic acid groups (broad SMARTS) is 1. The van der Waals surface area contributed by atoms with Gasteiger partial charge in [0.25, 0.3) is 5.91 Å². The van der Waals surface area contributed by atoms with Gasteiger partial charge in [0, 0.05) is 19.2 Å². The highest BCUT2D eigenvalue weighted by atomic mass is 19.1. The van der Waals surface area contributed by atoms with Gasteiger partial charge in [-0.05, 0) is 49.6 Å². The Morgan fingerprint density at radius 1 is 1.20 bits per heavy atom. The van der Waals surface area contributed by atoms with Crippen LogP contribution in [-0.2, 0) is 4.79 Å². The number of halogens is 1. The molecule has 0 saturated carbocycles. The van der Waals surface area contributed by atoms with Crippen molar-refractivity contribution >= 4 is 11.9 Å². The Bertz CT molecular complexity index is 743. The summed E-state index contributed by atoms with van der Waals surface area (Å²) >= 11 is 0. The van der Waals surface area contributed by atoms with Crippen LogP contribution < -0.4 is 5.32 Å². The van der Waals surface area contributed by atoms with Crippen LogP contribution in [0.15, 0.2) is 30.5 Å². The lowest BCUT2D eigenvalue weighted by atomic mass is 10.1. The number of nitrogens with one attached hydrogen (secondary N) is 1. The lowest BCUT2D eigenvalue weighted by Crippen LogP contribution is -2.25. The SMILES string of the molecule is Cc1cc(F)ccc1-n1ccc(C(=O)NCCCCCCC(=O)O)n1. The second-order valence-corrected chi connectivity index (χ2v) is 5.89. The van der Waals surface area contributed by atoms with E-state index in [1.54, 1.807) is 29.9 Å². The summed E-state index contributed by atoms with van der Waals surface area (Å²) in [7, 11) is 0. The van der Waals surface area contributed by atoms with Crippen molar-refractivity contribution in [3.05, 3.63) is 47.5 Å². The average Bonchev–Trinajstić information content (AvgIpc) is 3.03. The molecule has 134 valence electrons.